The predicted octanol–water partition coefficient (Wildman–Crippen LogP) is 2.50. The molecule has 3 rings (SSSR count). The highest BCUT2D eigenvalue weighted by Crippen LogP contribution is 2.13. The van der Waals surface area contributed by atoms with Crippen LogP contribution in [0.2, 0.25) is 0 Å². The molecular weight excluding hydrogens is 328 g/mol. The van der Waals surface area contributed by atoms with Crippen molar-refractivity contribution in [2.75, 3.05) is 13.2 Å². The first-order valence-electron chi connectivity index (χ1n) is 8.75. The fraction of sp³-hybridized carbons (Fsp3) is 0.286. The number of aromatic nitrogens is 1. The number of aryl methyl sites for hydroxylation is 1. The van der Waals surface area contributed by atoms with E-state index >= 15 is 0 Å². The Balaban J connectivity index is 1.47. The van der Waals surface area contributed by atoms with Crippen LogP contribution in [0.1, 0.15) is 16.7 Å². The number of rotatable bonds is 8. The summed E-state index contributed by atoms with van der Waals surface area (Å²) in [4.78, 5) is 15.0. The van der Waals surface area contributed by atoms with E-state index in [1.54, 1.807) is 0 Å². The Bertz CT molecular complexity index is 906. The largest absolute Gasteiger partial charge is 0.389 e. The molecule has 3 aromatic rings. The lowest BCUT2D eigenvalue weighted by Crippen LogP contribution is -2.31. The molecule has 0 aliphatic carbocycles. The van der Waals surface area contributed by atoms with Gasteiger partial charge in [-0.2, -0.15) is 0 Å². The van der Waals surface area contributed by atoms with Gasteiger partial charge < -0.3 is 20.1 Å². The first-order chi connectivity index (χ1) is 12.6. The van der Waals surface area contributed by atoms with Crippen LogP contribution in [0.3, 0.4) is 0 Å². The molecule has 5 nitrogen and oxygen atoms in total. The van der Waals surface area contributed by atoms with Gasteiger partial charge in [0.2, 0.25) is 0 Å². The van der Waals surface area contributed by atoms with E-state index in [2.05, 4.69) is 10.3 Å². The number of ether oxygens (including phenoxy) is 1. The van der Waals surface area contributed by atoms with E-state index in [-0.39, 0.29) is 12.2 Å². The van der Waals surface area contributed by atoms with Crippen molar-refractivity contribution in [3.05, 3.63) is 81.6 Å². The van der Waals surface area contributed by atoms with E-state index in [4.69, 9.17) is 4.74 Å². The monoisotopic (exact) mass is 352 g/mol. The van der Waals surface area contributed by atoms with Gasteiger partial charge in [-0.3, -0.25) is 4.79 Å². The minimum atomic E-state index is -0.625. The van der Waals surface area contributed by atoms with Gasteiger partial charge in [0, 0.05) is 24.2 Å². The molecule has 0 bridgehead atoms. The third kappa shape index (κ3) is 5.02. The summed E-state index contributed by atoms with van der Waals surface area (Å²) < 4.78 is 5.52. The molecule has 0 spiro atoms. The van der Waals surface area contributed by atoms with Crippen LogP contribution in [-0.2, 0) is 17.9 Å². The van der Waals surface area contributed by atoms with Gasteiger partial charge in [0.1, 0.15) is 0 Å². The number of fused-ring (bicyclic) bond motifs is 1. The zero-order valence-electron chi connectivity index (χ0n) is 14.9. The van der Waals surface area contributed by atoms with Gasteiger partial charge in [0.15, 0.2) is 0 Å². The van der Waals surface area contributed by atoms with Crippen molar-refractivity contribution in [3.63, 3.8) is 0 Å². The third-order valence-electron chi connectivity index (χ3n) is 4.19. The number of H-pyrrole nitrogens is 1. The molecule has 0 aliphatic rings. The molecule has 2 aromatic carbocycles. The molecule has 0 saturated carbocycles. The number of hydrogen-bond donors (Lipinski definition) is 3. The van der Waals surface area contributed by atoms with Crippen LogP contribution in [0, 0.1) is 6.92 Å². The molecule has 1 aromatic heterocycles. The van der Waals surface area contributed by atoms with E-state index in [0.29, 0.717) is 25.3 Å². The molecule has 136 valence electrons. The average Bonchev–Trinajstić information content (AvgIpc) is 2.63. The molecule has 0 amide bonds. The van der Waals surface area contributed by atoms with Crippen LogP contribution >= 0.6 is 0 Å². The molecule has 1 heterocycles. The summed E-state index contributed by atoms with van der Waals surface area (Å²) in [6.45, 7) is 3.50. The Morgan fingerprint density at radius 1 is 1.15 bits per heavy atom. The van der Waals surface area contributed by atoms with Crippen molar-refractivity contribution in [1.29, 1.82) is 0 Å². The fourth-order valence-electron chi connectivity index (χ4n) is 2.82. The van der Waals surface area contributed by atoms with Crippen molar-refractivity contribution >= 4 is 10.9 Å². The normalized spacial score (nSPS) is 12.4. The maximum atomic E-state index is 12.1. The number of benzene rings is 2. The summed E-state index contributed by atoms with van der Waals surface area (Å²) in [7, 11) is 0. The quantitative estimate of drug-likeness (QED) is 0.582. The molecule has 0 unspecified atom stereocenters. The smallest absolute Gasteiger partial charge is 0.252 e. The van der Waals surface area contributed by atoms with Crippen LogP contribution in [-0.4, -0.2) is 29.3 Å². The Morgan fingerprint density at radius 3 is 2.77 bits per heavy atom. The first kappa shape index (κ1) is 18.3. The number of aliphatic hydroxyl groups is 1. The minimum absolute atomic E-state index is 0.108. The van der Waals surface area contributed by atoms with Crippen molar-refractivity contribution < 1.29 is 9.84 Å². The summed E-state index contributed by atoms with van der Waals surface area (Å²) in [5.74, 6) is 0. The van der Waals surface area contributed by atoms with E-state index in [0.717, 1.165) is 22.0 Å². The van der Waals surface area contributed by atoms with Crippen LogP contribution in [0.5, 0.6) is 0 Å². The summed E-state index contributed by atoms with van der Waals surface area (Å²) in [6.07, 6.45) is -0.625. The Kier molecular flexibility index (Phi) is 6.17. The van der Waals surface area contributed by atoms with E-state index in [1.807, 2.05) is 61.5 Å². The number of aliphatic hydroxyl groups excluding tert-OH is 1. The van der Waals surface area contributed by atoms with Crippen LogP contribution in [0.25, 0.3) is 10.9 Å². The number of aromatic amines is 1. The Morgan fingerprint density at radius 2 is 1.96 bits per heavy atom. The van der Waals surface area contributed by atoms with Gasteiger partial charge in [-0.25, -0.2) is 0 Å². The van der Waals surface area contributed by atoms with Gasteiger partial charge in [-0.1, -0.05) is 42.0 Å². The number of hydrogen-bond acceptors (Lipinski definition) is 4. The summed E-state index contributed by atoms with van der Waals surface area (Å²) in [6, 6.07) is 17.7. The van der Waals surface area contributed by atoms with Crippen molar-refractivity contribution in [1.82, 2.24) is 10.3 Å². The average molecular weight is 352 g/mol. The SMILES string of the molecule is Cc1ccc2[nH]c(=O)c(CNC[C@H](O)COCc3ccccc3)cc2c1. The third-order valence-corrected chi connectivity index (χ3v) is 4.19. The second-order valence-electron chi connectivity index (χ2n) is 6.50. The van der Waals surface area contributed by atoms with Gasteiger partial charge in [-0.15, -0.1) is 0 Å². The van der Waals surface area contributed by atoms with Crippen LogP contribution in [0.4, 0.5) is 0 Å². The molecule has 26 heavy (non-hydrogen) atoms. The van der Waals surface area contributed by atoms with Crippen molar-refractivity contribution in [3.8, 4) is 0 Å². The summed E-state index contributed by atoms with van der Waals surface area (Å²) in [5, 5.41) is 14.1. The Labute approximate surface area is 152 Å². The number of nitrogens with one attached hydrogen (secondary N) is 2. The van der Waals surface area contributed by atoms with Crippen LogP contribution < -0.4 is 10.9 Å². The topological polar surface area (TPSA) is 74.4 Å². The maximum Gasteiger partial charge on any atom is 0.252 e. The second kappa shape index (κ2) is 8.76. The molecule has 0 radical (unpaired) electrons. The lowest BCUT2D eigenvalue weighted by atomic mass is 10.1. The standard InChI is InChI=1S/C21H24N2O3/c1-15-7-8-20-17(9-15)10-18(21(25)23-20)11-22-12-19(24)14-26-13-16-5-3-2-4-6-16/h2-10,19,22,24H,11-14H2,1H3,(H,23,25)/t19-/m0/s1. The predicted molar refractivity (Wildman–Crippen MR) is 103 cm³/mol. The molecular formula is C21H24N2O3. The second-order valence-corrected chi connectivity index (χ2v) is 6.50. The van der Waals surface area contributed by atoms with Gasteiger partial charge >= 0.3 is 0 Å². The minimum Gasteiger partial charge on any atom is -0.389 e. The van der Waals surface area contributed by atoms with Crippen LogP contribution in [0.15, 0.2) is 59.4 Å². The number of pyridine rings is 1. The zero-order valence-corrected chi connectivity index (χ0v) is 14.9. The Hall–Kier alpha value is -2.47. The molecule has 5 heteroatoms. The lowest BCUT2D eigenvalue weighted by molar-refractivity contribution is 0.0287. The first-order valence-corrected chi connectivity index (χ1v) is 8.75. The van der Waals surface area contributed by atoms with Gasteiger partial charge in [0.25, 0.3) is 5.56 Å². The van der Waals surface area contributed by atoms with Crippen molar-refractivity contribution in [2.45, 2.75) is 26.2 Å². The summed E-state index contributed by atoms with van der Waals surface area (Å²) >= 11 is 0. The molecule has 3 N–H and O–H groups in total. The highest BCUT2D eigenvalue weighted by molar-refractivity contribution is 5.79. The van der Waals surface area contributed by atoms with E-state index in [9.17, 15) is 9.90 Å². The zero-order chi connectivity index (χ0) is 18.4. The highest BCUT2D eigenvalue weighted by Gasteiger charge is 2.07. The highest BCUT2D eigenvalue weighted by atomic mass is 16.5. The van der Waals surface area contributed by atoms with Gasteiger partial charge in [0.05, 0.1) is 19.3 Å². The maximum absolute atomic E-state index is 12.1. The van der Waals surface area contributed by atoms with E-state index < -0.39 is 6.10 Å². The van der Waals surface area contributed by atoms with Crippen molar-refractivity contribution in [2.24, 2.45) is 0 Å². The molecule has 0 saturated heterocycles. The molecule has 0 fully saturated rings. The molecule has 1 atom stereocenters. The van der Waals surface area contributed by atoms with E-state index in [1.165, 1.54) is 0 Å². The lowest BCUT2D eigenvalue weighted by Gasteiger charge is -2.12. The fourth-order valence-corrected chi connectivity index (χ4v) is 2.82. The molecule has 0 aliphatic heterocycles. The van der Waals surface area contributed by atoms with Gasteiger partial charge in [-0.05, 0) is 36.1 Å². The summed E-state index contributed by atoms with van der Waals surface area (Å²) in [5.41, 5.74) is 3.60.